The number of benzene rings is 3. The maximum atomic E-state index is 13.6. The van der Waals surface area contributed by atoms with Gasteiger partial charge in [-0.2, -0.15) is 0 Å². The van der Waals surface area contributed by atoms with Crippen LogP contribution in [0.25, 0.3) is 0 Å². The van der Waals surface area contributed by atoms with E-state index in [4.69, 9.17) is 9.47 Å². The average molecular weight is 522 g/mol. The van der Waals surface area contributed by atoms with Crippen molar-refractivity contribution in [3.05, 3.63) is 93.8 Å². The molecule has 1 heterocycles. The predicted octanol–water partition coefficient (Wildman–Crippen LogP) is 3.77. The maximum absolute atomic E-state index is 13.6. The first-order chi connectivity index (χ1) is 18.2. The van der Waals surface area contributed by atoms with E-state index in [0.717, 1.165) is 28.7 Å². The molecule has 196 valence electrons. The molecular weight excluding hydrogens is 497 g/mol. The molecule has 1 atom stereocenters. The van der Waals surface area contributed by atoms with Gasteiger partial charge in [-0.3, -0.25) is 24.5 Å². The highest BCUT2D eigenvalue weighted by atomic mass is 19.1. The lowest BCUT2D eigenvalue weighted by Gasteiger charge is -2.28. The molecular formula is C27H24FN3O7. The average Bonchev–Trinajstić information content (AvgIpc) is 3.22. The number of halogens is 1. The van der Waals surface area contributed by atoms with Crippen molar-refractivity contribution in [3.8, 4) is 11.5 Å². The Hall–Kier alpha value is -4.80. The standard InChI is InChI=1S/C27H24FN3O7/c1-37-23-11-6-17(14-24(23)38-2)12-13-29(26(33)18-4-3-5-21(15-18)31(35)36)22-16-25(32)30(27(22)34)20-9-7-19(28)8-10-20/h3-11,14-15,22H,12-13,16H2,1-2H3. The van der Waals surface area contributed by atoms with Crippen molar-refractivity contribution in [2.75, 3.05) is 25.7 Å². The summed E-state index contributed by atoms with van der Waals surface area (Å²) in [6.07, 6.45) is -0.00164. The molecule has 1 aliphatic rings. The van der Waals surface area contributed by atoms with E-state index in [2.05, 4.69) is 0 Å². The van der Waals surface area contributed by atoms with Crippen LogP contribution in [0.15, 0.2) is 66.7 Å². The zero-order valence-corrected chi connectivity index (χ0v) is 20.6. The molecule has 0 bridgehead atoms. The molecule has 3 amide bonds. The van der Waals surface area contributed by atoms with Crippen LogP contribution in [0.4, 0.5) is 15.8 Å². The van der Waals surface area contributed by atoms with Crippen LogP contribution in [0, 0.1) is 15.9 Å². The number of methoxy groups -OCH3 is 2. The number of nitro groups is 1. The van der Waals surface area contributed by atoms with Gasteiger partial charge in [0.2, 0.25) is 5.91 Å². The van der Waals surface area contributed by atoms with Gasteiger partial charge in [-0.1, -0.05) is 12.1 Å². The Labute approximate surface area is 217 Å². The summed E-state index contributed by atoms with van der Waals surface area (Å²) < 4.78 is 24.0. The van der Waals surface area contributed by atoms with Crippen LogP contribution in [0.2, 0.25) is 0 Å². The number of hydrogen-bond acceptors (Lipinski definition) is 7. The predicted molar refractivity (Wildman–Crippen MR) is 135 cm³/mol. The number of anilines is 1. The van der Waals surface area contributed by atoms with Crippen molar-refractivity contribution in [2.24, 2.45) is 0 Å². The number of carbonyl (C=O) groups is 3. The summed E-state index contributed by atoms with van der Waals surface area (Å²) in [5, 5.41) is 11.3. The maximum Gasteiger partial charge on any atom is 0.270 e. The molecule has 3 aromatic carbocycles. The first kappa shape index (κ1) is 26.3. The van der Waals surface area contributed by atoms with Gasteiger partial charge in [0, 0.05) is 24.2 Å². The lowest BCUT2D eigenvalue weighted by Crippen LogP contribution is -2.46. The van der Waals surface area contributed by atoms with Crippen molar-refractivity contribution in [1.82, 2.24) is 4.90 Å². The van der Waals surface area contributed by atoms with E-state index in [1.807, 2.05) is 0 Å². The van der Waals surface area contributed by atoms with Crippen molar-refractivity contribution in [2.45, 2.75) is 18.9 Å². The van der Waals surface area contributed by atoms with Crippen LogP contribution in [0.1, 0.15) is 22.3 Å². The summed E-state index contributed by atoms with van der Waals surface area (Å²) >= 11 is 0. The third-order valence-corrected chi connectivity index (χ3v) is 6.24. The van der Waals surface area contributed by atoms with E-state index in [1.165, 1.54) is 49.5 Å². The molecule has 1 fully saturated rings. The molecule has 1 unspecified atom stereocenters. The van der Waals surface area contributed by atoms with Crippen LogP contribution >= 0.6 is 0 Å². The van der Waals surface area contributed by atoms with E-state index < -0.39 is 34.5 Å². The van der Waals surface area contributed by atoms with Gasteiger partial charge in [0.15, 0.2) is 11.5 Å². The van der Waals surface area contributed by atoms with Crippen LogP contribution in [0.5, 0.6) is 11.5 Å². The van der Waals surface area contributed by atoms with Gasteiger partial charge < -0.3 is 14.4 Å². The third kappa shape index (κ3) is 5.31. The number of non-ortho nitro benzene ring substituents is 1. The number of amides is 3. The quantitative estimate of drug-likeness (QED) is 0.239. The summed E-state index contributed by atoms with van der Waals surface area (Å²) in [5.74, 6) is -1.35. The Balaban J connectivity index is 1.66. The molecule has 0 radical (unpaired) electrons. The zero-order valence-electron chi connectivity index (χ0n) is 20.6. The Morgan fingerprint density at radius 2 is 1.76 bits per heavy atom. The fourth-order valence-electron chi connectivity index (χ4n) is 4.32. The molecule has 0 aromatic heterocycles. The molecule has 1 aliphatic heterocycles. The fourth-order valence-corrected chi connectivity index (χ4v) is 4.32. The molecule has 38 heavy (non-hydrogen) atoms. The number of nitrogens with zero attached hydrogens (tertiary/aromatic N) is 3. The smallest absolute Gasteiger partial charge is 0.270 e. The highest BCUT2D eigenvalue weighted by Crippen LogP contribution is 2.30. The molecule has 10 nitrogen and oxygen atoms in total. The second-order valence-electron chi connectivity index (χ2n) is 8.51. The normalized spacial score (nSPS) is 14.9. The van der Waals surface area contributed by atoms with Crippen LogP contribution in [-0.4, -0.2) is 54.4 Å². The number of carbonyl (C=O) groups excluding carboxylic acids is 3. The Morgan fingerprint density at radius 3 is 2.42 bits per heavy atom. The highest BCUT2D eigenvalue weighted by Gasteiger charge is 2.44. The zero-order chi connectivity index (χ0) is 27.4. The van der Waals surface area contributed by atoms with Gasteiger partial charge >= 0.3 is 0 Å². The number of nitro benzene ring substituents is 1. The Morgan fingerprint density at radius 1 is 1.05 bits per heavy atom. The lowest BCUT2D eigenvalue weighted by molar-refractivity contribution is -0.384. The van der Waals surface area contributed by atoms with E-state index >= 15 is 0 Å². The Bertz CT molecular complexity index is 1390. The van der Waals surface area contributed by atoms with Gasteiger partial charge in [0.25, 0.3) is 17.5 Å². The van der Waals surface area contributed by atoms with Crippen molar-refractivity contribution in [3.63, 3.8) is 0 Å². The van der Waals surface area contributed by atoms with Gasteiger partial charge in [-0.25, -0.2) is 9.29 Å². The van der Waals surface area contributed by atoms with Crippen molar-refractivity contribution in [1.29, 1.82) is 0 Å². The number of imide groups is 1. The lowest BCUT2D eigenvalue weighted by atomic mass is 10.1. The topological polar surface area (TPSA) is 119 Å². The van der Waals surface area contributed by atoms with Crippen molar-refractivity contribution >= 4 is 29.1 Å². The summed E-state index contributed by atoms with van der Waals surface area (Å²) in [4.78, 5) is 52.7. The SMILES string of the molecule is COc1ccc(CCN(C(=O)c2cccc([N+](=O)[O-])c2)C2CC(=O)N(c3ccc(F)cc3)C2=O)cc1OC. The fraction of sp³-hybridized carbons (Fsp3) is 0.222. The highest BCUT2D eigenvalue weighted by molar-refractivity contribution is 6.23. The minimum Gasteiger partial charge on any atom is -0.493 e. The second kappa shape index (κ2) is 11.1. The molecule has 0 aliphatic carbocycles. The third-order valence-electron chi connectivity index (χ3n) is 6.24. The molecule has 4 rings (SSSR count). The second-order valence-corrected chi connectivity index (χ2v) is 8.51. The van der Waals surface area contributed by atoms with E-state index in [9.17, 15) is 28.9 Å². The van der Waals surface area contributed by atoms with E-state index in [-0.39, 0.29) is 36.3 Å². The molecule has 0 N–H and O–H groups in total. The molecule has 0 spiro atoms. The van der Waals surface area contributed by atoms with Gasteiger partial charge in [-0.05, 0) is 54.4 Å². The van der Waals surface area contributed by atoms with Gasteiger partial charge in [0.05, 0.1) is 31.3 Å². The largest absolute Gasteiger partial charge is 0.493 e. The van der Waals surface area contributed by atoms with Crippen LogP contribution in [-0.2, 0) is 16.0 Å². The summed E-state index contributed by atoms with van der Waals surface area (Å²) in [6, 6.07) is 14.1. The number of hydrogen-bond donors (Lipinski definition) is 0. The molecule has 11 heteroatoms. The number of rotatable bonds is 9. The Kier molecular flexibility index (Phi) is 7.66. The van der Waals surface area contributed by atoms with Crippen molar-refractivity contribution < 1.29 is 33.2 Å². The molecule has 3 aromatic rings. The summed E-state index contributed by atoms with van der Waals surface area (Å²) in [7, 11) is 3.00. The molecule has 1 saturated heterocycles. The minimum absolute atomic E-state index is 0.00647. The minimum atomic E-state index is -1.15. The van der Waals surface area contributed by atoms with Gasteiger partial charge in [-0.15, -0.1) is 0 Å². The van der Waals surface area contributed by atoms with E-state index in [0.29, 0.717) is 11.5 Å². The first-order valence-electron chi connectivity index (χ1n) is 11.6. The summed E-state index contributed by atoms with van der Waals surface area (Å²) in [6.45, 7) is 0.0257. The monoisotopic (exact) mass is 521 g/mol. The first-order valence-corrected chi connectivity index (χ1v) is 11.6. The van der Waals surface area contributed by atoms with Gasteiger partial charge in [0.1, 0.15) is 11.9 Å². The molecule has 0 saturated carbocycles. The van der Waals surface area contributed by atoms with Crippen LogP contribution < -0.4 is 14.4 Å². The summed E-state index contributed by atoms with van der Waals surface area (Å²) in [5.41, 5.74) is 0.683. The van der Waals surface area contributed by atoms with Crippen LogP contribution in [0.3, 0.4) is 0 Å². The van der Waals surface area contributed by atoms with E-state index in [1.54, 1.807) is 18.2 Å². The number of ether oxygens (including phenoxy) is 2.